The molecule has 0 unspecified atom stereocenters. The van der Waals surface area contributed by atoms with Gasteiger partial charge in [0.2, 0.25) is 0 Å². The van der Waals surface area contributed by atoms with Crippen LogP contribution in [0.15, 0.2) is 70.5 Å². The Morgan fingerprint density at radius 3 is 2.27 bits per heavy atom. The second-order valence-electron chi connectivity index (χ2n) is 5.60. The maximum absolute atomic E-state index is 4.22. The number of rotatable bonds is 5. The number of thioether (sulfide) groups is 1. The van der Waals surface area contributed by atoms with Gasteiger partial charge in [-0.15, -0.1) is 0 Å². The van der Waals surface area contributed by atoms with Crippen LogP contribution < -0.4 is 4.90 Å². The molecule has 0 heterocycles. The summed E-state index contributed by atoms with van der Waals surface area (Å²) in [7, 11) is 4.10. The lowest BCUT2D eigenvalue weighted by atomic mass is 10.1. The van der Waals surface area contributed by atoms with Crippen LogP contribution in [-0.4, -0.2) is 14.1 Å². The lowest BCUT2D eigenvalue weighted by Gasteiger charge is -2.12. The van der Waals surface area contributed by atoms with Crippen molar-refractivity contribution in [2.45, 2.75) is 18.7 Å². The summed E-state index contributed by atoms with van der Waals surface area (Å²) in [6.07, 6.45) is 2.19. The molecule has 0 spiro atoms. The molecule has 114 valence electrons. The lowest BCUT2D eigenvalue weighted by Crippen LogP contribution is -2.07. The Hall–Kier alpha value is -1.93. The topological polar surface area (TPSA) is 3.24 Å². The third-order valence-electron chi connectivity index (χ3n) is 3.56. The summed E-state index contributed by atoms with van der Waals surface area (Å²) in [5.74, 6) is 0. The molecule has 2 aromatic carbocycles. The number of hydrogen-bond donors (Lipinski definition) is 0. The molecule has 0 bridgehead atoms. The predicted octanol–water partition coefficient (Wildman–Crippen LogP) is 5.77. The molecule has 2 heteroatoms. The van der Waals surface area contributed by atoms with Crippen LogP contribution >= 0.6 is 11.8 Å². The molecule has 0 aliphatic heterocycles. The maximum Gasteiger partial charge on any atom is 0.0361 e. The monoisotopic (exact) mass is 309 g/mol. The Balaban J connectivity index is 2.11. The smallest absolute Gasteiger partial charge is 0.0361 e. The molecule has 0 fully saturated rings. The van der Waals surface area contributed by atoms with E-state index in [1.165, 1.54) is 27.3 Å². The molecule has 2 rings (SSSR count). The first-order valence-electron chi connectivity index (χ1n) is 7.36. The van der Waals surface area contributed by atoms with Gasteiger partial charge in [-0.1, -0.05) is 54.7 Å². The fraction of sp³-hybridized carbons (Fsp3) is 0.200. The van der Waals surface area contributed by atoms with E-state index in [4.69, 9.17) is 0 Å². The molecule has 1 nitrogen and oxygen atoms in total. The first kappa shape index (κ1) is 16.4. The zero-order chi connectivity index (χ0) is 16.1. The van der Waals surface area contributed by atoms with Crippen LogP contribution in [0.5, 0.6) is 0 Å². The lowest BCUT2D eigenvalue weighted by molar-refractivity contribution is 1.13. The highest BCUT2D eigenvalue weighted by Gasteiger charge is 2.03. The minimum atomic E-state index is 1.09. The maximum atomic E-state index is 4.22. The van der Waals surface area contributed by atoms with Crippen LogP contribution in [0.2, 0.25) is 0 Å². The highest BCUT2D eigenvalue weighted by atomic mass is 32.2. The van der Waals surface area contributed by atoms with E-state index in [9.17, 15) is 0 Å². The van der Waals surface area contributed by atoms with Crippen molar-refractivity contribution in [2.24, 2.45) is 0 Å². The number of nitrogens with zero attached hydrogens (tertiary/aromatic N) is 1. The number of anilines is 1. The quantitative estimate of drug-likeness (QED) is 0.509. The summed E-state index contributed by atoms with van der Waals surface area (Å²) in [6, 6.07) is 17.0. The first-order chi connectivity index (χ1) is 10.5. The zero-order valence-corrected chi connectivity index (χ0v) is 14.6. The van der Waals surface area contributed by atoms with E-state index in [0.29, 0.717) is 0 Å². The first-order valence-corrected chi connectivity index (χ1v) is 8.17. The van der Waals surface area contributed by atoms with Crippen molar-refractivity contribution in [2.75, 3.05) is 19.0 Å². The molecule has 0 N–H and O–H groups in total. The van der Waals surface area contributed by atoms with Crippen LogP contribution in [0.3, 0.4) is 0 Å². The summed E-state index contributed by atoms with van der Waals surface area (Å²) >= 11 is 1.73. The Bertz CT molecular complexity index is 681. The SMILES string of the molecule is C=C(Sc1ccccc1C)/C(C)=C/c1ccc(N(C)C)cc1. The van der Waals surface area contributed by atoms with Crippen LogP contribution in [0.1, 0.15) is 18.1 Å². The highest BCUT2D eigenvalue weighted by Crippen LogP contribution is 2.33. The van der Waals surface area contributed by atoms with E-state index in [-0.39, 0.29) is 0 Å². The summed E-state index contributed by atoms with van der Waals surface area (Å²) in [6.45, 7) is 8.47. The molecule has 0 aromatic heterocycles. The van der Waals surface area contributed by atoms with Crippen LogP contribution in [-0.2, 0) is 0 Å². The predicted molar refractivity (Wildman–Crippen MR) is 101 cm³/mol. The van der Waals surface area contributed by atoms with E-state index in [0.717, 1.165) is 4.91 Å². The molecule has 2 aromatic rings. The molecular formula is C20H23NS. The van der Waals surface area contributed by atoms with Gasteiger partial charge in [0.1, 0.15) is 0 Å². The zero-order valence-electron chi connectivity index (χ0n) is 13.8. The summed E-state index contributed by atoms with van der Waals surface area (Å²) < 4.78 is 0. The van der Waals surface area contributed by atoms with Gasteiger partial charge in [0.05, 0.1) is 0 Å². The van der Waals surface area contributed by atoms with Gasteiger partial charge in [0.25, 0.3) is 0 Å². The van der Waals surface area contributed by atoms with E-state index in [1.54, 1.807) is 11.8 Å². The van der Waals surface area contributed by atoms with Gasteiger partial charge in [-0.25, -0.2) is 0 Å². The molecule has 0 amide bonds. The van der Waals surface area contributed by atoms with Crippen molar-refractivity contribution in [1.82, 2.24) is 0 Å². The van der Waals surface area contributed by atoms with Gasteiger partial charge in [-0.2, -0.15) is 0 Å². The van der Waals surface area contributed by atoms with E-state index >= 15 is 0 Å². The fourth-order valence-corrected chi connectivity index (χ4v) is 2.94. The van der Waals surface area contributed by atoms with Gasteiger partial charge in [0, 0.05) is 29.6 Å². The van der Waals surface area contributed by atoms with Gasteiger partial charge < -0.3 is 4.90 Å². The van der Waals surface area contributed by atoms with E-state index in [2.05, 4.69) is 94.0 Å². The number of hydrogen-bond acceptors (Lipinski definition) is 2. The van der Waals surface area contributed by atoms with Crippen LogP contribution in [0.4, 0.5) is 5.69 Å². The minimum Gasteiger partial charge on any atom is -0.378 e. The van der Waals surface area contributed by atoms with Crippen LogP contribution in [0.25, 0.3) is 6.08 Å². The Morgan fingerprint density at radius 2 is 1.68 bits per heavy atom. The molecule has 0 saturated carbocycles. The third-order valence-corrected chi connectivity index (χ3v) is 4.81. The number of aryl methyl sites for hydroxylation is 1. The van der Waals surface area contributed by atoms with Gasteiger partial charge in [0.15, 0.2) is 0 Å². The van der Waals surface area contributed by atoms with E-state index < -0.39 is 0 Å². The Morgan fingerprint density at radius 1 is 1.05 bits per heavy atom. The van der Waals surface area contributed by atoms with Crippen molar-refractivity contribution in [3.8, 4) is 0 Å². The van der Waals surface area contributed by atoms with Crippen molar-refractivity contribution >= 4 is 23.5 Å². The summed E-state index contributed by atoms with van der Waals surface area (Å²) in [5.41, 5.74) is 4.90. The molecule has 0 aliphatic carbocycles. The van der Waals surface area contributed by atoms with E-state index in [1.807, 2.05) is 0 Å². The highest BCUT2D eigenvalue weighted by molar-refractivity contribution is 8.03. The normalized spacial score (nSPS) is 11.4. The summed E-state index contributed by atoms with van der Waals surface area (Å²) in [5, 5.41) is 0. The molecule has 0 saturated heterocycles. The average molecular weight is 309 g/mol. The Kier molecular flexibility index (Phi) is 5.51. The van der Waals surface area contributed by atoms with Gasteiger partial charge in [-0.05, 0) is 48.7 Å². The van der Waals surface area contributed by atoms with Crippen molar-refractivity contribution < 1.29 is 0 Å². The van der Waals surface area contributed by atoms with Crippen LogP contribution in [0, 0.1) is 6.92 Å². The number of benzene rings is 2. The van der Waals surface area contributed by atoms with Crippen molar-refractivity contribution in [3.05, 3.63) is 76.7 Å². The molecule has 0 aliphatic rings. The fourth-order valence-electron chi connectivity index (χ4n) is 2.08. The van der Waals surface area contributed by atoms with Crippen molar-refractivity contribution in [3.63, 3.8) is 0 Å². The Labute approximate surface area is 138 Å². The molecular weight excluding hydrogens is 286 g/mol. The second-order valence-corrected chi connectivity index (χ2v) is 6.74. The standard InChI is InChI=1S/C20H23NS/c1-15-8-6-7-9-20(15)22-17(3)16(2)14-18-10-12-19(13-11-18)21(4)5/h6-14H,3H2,1-2,4-5H3/b16-14+. The molecule has 0 radical (unpaired) electrons. The molecule has 22 heavy (non-hydrogen) atoms. The summed E-state index contributed by atoms with van der Waals surface area (Å²) in [4.78, 5) is 4.46. The molecule has 0 atom stereocenters. The second kappa shape index (κ2) is 7.37. The van der Waals surface area contributed by atoms with Gasteiger partial charge >= 0.3 is 0 Å². The number of allylic oxidation sites excluding steroid dienone is 1. The minimum absolute atomic E-state index is 1.09. The van der Waals surface area contributed by atoms with Gasteiger partial charge in [-0.3, -0.25) is 0 Å². The van der Waals surface area contributed by atoms with Crippen molar-refractivity contribution in [1.29, 1.82) is 0 Å². The largest absolute Gasteiger partial charge is 0.378 e. The average Bonchev–Trinajstić information content (AvgIpc) is 2.50. The third kappa shape index (κ3) is 4.28.